The average Bonchev–Trinajstić information content (AvgIpc) is 2.45. The van der Waals surface area contributed by atoms with Crippen molar-refractivity contribution >= 4 is 17.6 Å². The van der Waals surface area contributed by atoms with Crippen molar-refractivity contribution in [3.63, 3.8) is 0 Å². The third-order valence-electron chi connectivity index (χ3n) is 2.72. The molecule has 0 N–H and O–H groups in total. The van der Waals surface area contributed by atoms with Crippen molar-refractivity contribution in [1.29, 1.82) is 0 Å². The zero-order valence-corrected chi connectivity index (χ0v) is 11.5. The molecule has 0 aliphatic carbocycles. The van der Waals surface area contributed by atoms with Crippen LogP contribution >= 0.6 is 11.6 Å². The molecule has 21 heavy (non-hydrogen) atoms. The number of ether oxygens (including phenoxy) is 1. The second kappa shape index (κ2) is 5.73. The van der Waals surface area contributed by atoms with Crippen LogP contribution in [0.15, 0.2) is 36.4 Å². The van der Waals surface area contributed by atoms with Crippen LogP contribution in [0, 0.1) is 0 Å². The van der Waals surface area contributed by atoms with Gasteiger partial charge in [0.2, 0.25) is 0 Å². The molecule has 7 heteroatoms. The molecule has 0 aliphatic rings. The summed E-state index contributed by atoms with van der Waals surface area (Å²) < 4.78 is 42.3. The van der Waals surface area contributed by atoms with Gasteiger partial charge in [0.1, 0.15) is 5.69 Å². The molecular weight excluding hydrogens is 307 g/mol. The van der Waals surface area contributed by atoms with Gasteiger partial charge >= 0.3 is 12.1 Å². The number of halogens is 4. The van der Waals surface area contributed by atoms with E-state index in [0.29, 0.717) is 5.56 Å². The standard InChI is InChI=1S/C14H9ClF3NO2/c1-21-13(20)12-4-2-3-11(19-12)9-6-5-8(7-10(9)15)14(16,17)18/h2-7H,1H3. The molecule has 1 heterocycles. The van der Waals surface area contributed by atoms with Crippen LogP contribution in [0.25, 0.3) is 11.3 Å². The summed E-state index contributed by atoms with van der Waals surface area (Å²) in [5.41, 5.74) is -0.210. The van der Waals surface area contributed by atoms with E-state index in [1.165, 1.54) is 19.2 Å². The Morgan fingerprint density at radius 1 is 1.24 bits per heavy atom. The van der Waals surface area contributed by atoms with Crippen molar-refractivity contribution in [1.82, 2.24) is 4.98 Å². The van der Waals surface area contributed by atoms with E-state index >= 15 is 0 Å². The van der Waals surface area contributed by atoms with Gasteiger partial charge in [-0.2, -0.15) is 13.2 Å². The predicted octanol–water partition coefficient (Wildman–Crippen LogP) is 4.21. The van der Waals surface area contributed by atoms with E-state index in [1.807, 2.05) is 0 Å². The first-order chi connectivity index (χ1) is 9.82. The number of methoxy groups -OCH3 is 1. The van der Waals surface area contributed by atoms with Crippen LogP contribution in [0.4, 0.5) is 13.2 Å². The lowest BCUT2D eigenvalue weighted by atomic mass is 10.1. The van der Waals surface area contributed by atoms with Gasteiger partial charge in [-0.05, 0) is 24.3 Å². The summed E-state index contributed by atoms with van der Waals surface area (Å²) in [4.78, 5) is 15.4. The Kier molecular flexibility index (Phi) is 4.18. The molecule has 0 aliphatic heterocycles. The van der Waals surface area contributed by atoms with E-state index in [9.17, 15) is 18.0 Å². The number of rotatable bonds is 2. The maximum atomic E-state index is 12.6. The van der Waals surface area contributed by atoms with E-state index < -0.39 is 17.7 Å². The number of pyridine rings is 1. The highest BCUT2D eigenvalue weighted by Crippen LogP contribution is 2.35. The molecule has 0 fully saturated rings. The Morgan fingerprint density at radius 3 is 2.52 bits per heavy atom. The molecule has 1 aromatic heterocycles. The van der Waals surface area contributed by atoms with Gasteiger partial charge in [0.05, 0.1) is 23.4 Å². The molecule has 0 saturated carbocycles. The number of nitrogens with zero attached hydrogens (tertiary/aromatic N) is 1. The summed E-state index contributed by atoms with van der Waals surface area (Å²) in [6.07, 6.45) is -4.47. The molecule has 0 saturated heterocycles. The highest BCUT2D eigenvalue weighted by Gasteiger charge is 2.31. The van der Waals surface area contributed by atoms with Crippen molar-refractivity contribution in [3.8, 4) is 11.3 Å². The molecular formula is C14H9ClF3NO2. The van der Waals surface area contributed by atoms with E-state index in [0.717, 1.165) is 12.1 Å². The molecule has 1 aromatic carbocycles. The first-order valence-electron chi connectivity index (χ1n) is 5.75. The summed E-state index contributed by atoms with van der Waals surface area (Å²) in [6.45, 7) is 0. The lowest BCUT2D eigenvalue weighted by Gasteiger charge is -2.10. The highest BCUT2D eigenvalue weighted by molar-refractivity contribution is 6.33. The zero-order valence-electron chi connectivity index (χ0n) is 10.7. The first kappa shape index (κ1) is 15.3. The van der Waals surface area contributed by atoms with Crippen molar-refractivity contribution in [2.24, 2.45) is 0 Å². The summed E-state index contributed by atoms with van der Waals surface area (Å²) >= 11 is 5.88. The van der Waals surface area contributed by atoms with Gasteiger partial charge in [-0.25, -0.2) is 9.78 Å². The smallest absolute Gasteiger partial charge is 0.416 e. The van der Waals surface area contributed by atoms with Gasteiger partial charge in [0, 0.05) is 5.56 Å². The number of carbonyl (C=O) groups excluding carboxylic acids is 1. The number of benzene rings is 1. The minimum Gasteiger partial charge on any atom is -0.464 e. The Morgan fingerprint density at radius 2 is 1.95 bits per heavy atom. The molecule has 0 atom stereocenters. The molecule has 2 aromatic rings. The van der Waals surface area contributed by atoms with Crippen LogP contribution < -0.4 is 0 Å². The van der Waals surface area contributed by atoms with Crippen molar-refractivity contribution in [3.05, 3.63) is 52.7 Å². The van der Waals surface area contributed by atoms with Crippen LogP contribution in [-0.2, 0) is 10.9 Å². The number of carbonyl (C=O) groups is 1. The maximum Gasteiger partial charge on any atom is 0.416 e. The topological polar surface area (TPSA) is 39.2 Å². The Balaban J connectivity index is 2.46. The third-order valence-corrected chi connectivity index (χ3v) is 3.03. The van der Waals surface area contributed by atoms with E-state index in [2.05, 4.69) is 9.72 Å². The number of hydrogen-bond donors (Lipinski definition) is 0. The largest absolute Gasteiger partial charge is 0.464 e. The average molecular weight is 316 g/mol. The second-order valence-corrected chi connectivity index (χ2v) is 4.50. The quantitative estimate of drug-likeness (QED) is 0.779. The summed E-state index contributed by atoms with van der Waals surface area (Å²) in [5, 5.41) is -0.0978. The van der Waals surface area contributed by atoms with Crippen LogP contribution in [-0.4, -0.2) is 18.1 Å². The Labute approximate surface area is 123 Å². The van der Waals surface area contributed by atoms with E-state index in [1.54, 1.807) is 12.1 Å². The fourth-order valence-corrected chi connectivity index (χ4v) is 1.98. The van der Waals surface area contributed by atoms with Crippen molar-refractivity contribution in [2.75, 3.05) is 7.11 Å². The zero-order chi connectivity index (χ0) is 15.6. The molecule has 0 spiro atoms. The van der Waals surface area contributed by atoms with Gasteiger partial charge in [-0.1, -0.05) is 23.7 Å². The third kappa shape index (κ3) is 3.33. The maximum absolute atomic E-state index is 12.6. The Bertz CT molecular complexity index is 686. The van der Waals surface area contributed by atoms with Crippen LogP contribution in [0.3, 0.4) is 0 Å². The molecule has 110 valence electrons. The normalized spacial score (nSPS) is 11.3. The summed E-state index contributed by atoms with van der Waals surface area (Å²) in [6, 6.07) is 7.47. The van der Waals surface area contributed by atoms with Gasteiger partial charge < -0.3 is 4.74 Å². The number of aromatic nitrogens is 1. The number of alkyl halides is 3. The van der Waals surface area contributed by atoms with E-state index in [4.69, 9.17) is 11.6 Å². The lowest BCUT2D eigenvalue weighted by Crippen LogP contribution is -2.06. The minimum absolute atomic E-state index is 0.0472. The molecule has 0 amide bonds. The summed E-state index contributed by atoms with van der Waals surface area (Å²) in [5.74, 6) is -0.639. The monoisotopic (exact) mass is 315 g/mol. The number of hydrogen-bond acceptors (Lipinski definition) is 3. The predicted molar refractivity (Wildman–Crippen MR) is 71.0 cm³/mol. The second-order valence-electron chi connectivity index (χ2n) is 4.09. The van der Waals surface area contributed by atoms with Gasteiger partial charge in [-0.3, -0.25) is 0 Å². The van der Waals surface area contributed by atoms with Gasteiger partial charge in [0.25, 0.3) is 0 Å². The Hall–Kier alpha value is -2.08. The fraction of sp³-hybridized carbons (Fsp3) is 0.143. The van der Waals surface area contributed by atoms with Crippen LogP contribution in [0.2, 0.25) is 5.02 Å². The lowest BCUT2D eigenvalue weighted by molar-refractivity contribution is -0.137. The molecule has 3 nitrogen and oxygen atoms in total. The van der Waals surface area contributed by atoms with Gasteiger partial charge in [-0.15, -0.1) is 0 Å². The van der Waals surface area contributed by atoms with Crippen molar-refractivity contribution in [2.45, 2.75) is 6.18 Å². The fourth-order valence-electron chi connectivity index (χ4n) is 1.70. The summed E-state index contributed by atoms with van der Waals surface area (Å²) in [7, 11) is 1.21. The SMILES string of the molecule is COC(=O)c1cccc(-c2ccc(C(F)(F)F)cc2Cl)n1. The highest BCUT2D eigenvalue weighted by atomic mass is 35.5. The van der Waals surface area contributed by atoms with E-state index in [-0.39, 0.29) is 16.4 Å². The van der Waals surface area contributed by atoms with Crippen LogP contribution in [0.1, 0.15) is 16.1 Å². The minimum atomic E-state index is -4.47. The molecule has 2 rings (SSSR count). The van der Waals surface area contributed by atoms with Crippen molar-refractivity contribution < 1.29 is 22.7 Å². The van der Waals surface area contributed by atoms with Crippen LogP contribution in [0.5, 0.6) is 0 Å². The molecule has 0 bridgehead atoms. The molecule has 0 unspecified atom stereocenters. The molecule has 0 radical (unpaired) electrons. The number of esters is 1. The van der Waals surface area contributed by atoms with Gasteiger partial charge in [0.15, 0.2) is 0 Å². The first-order valence-corrected chi connectivity index (χ1v) is 6.13.